The molecule has 1 aliphatic rings. The molecule has 1 aromatic heterocycles. The topological polar surface area (TPSA) is 90.4 Å². The van der Waals surface area contributed by atoms with Crippen molar-refractivity contribution in [3.8, 4) is 0 Å². The lowest BCUT2D eigenvalue weighted by atomic mass is 9.78. The van der Waals surface area contributed by atoms with Crippen LogP contribution in [0.1, 0.15) is 69.4 Å². The van der Waals surface area contributed by atoms with Gasteiger partial charge in [-0.3, -0.25) is 4.79 Å². The Labute approximate surface area is 178 Å². The molecule has 0 amide bonds. The molecule has 0 saturated heterocycles. The van der Waals surface area contributed by atoms with Crippen LogP contribution in [-0.2, 0) is 16.1 Å². The van der Waals surface area contributed by atoms with Gasteiger partial charge in [-0.1, -0.05) is 49.6 Å². The number of carboxylic acids is 1. The maximum atomic E-state index is 10.9. The highest BCUT2D eigenvalue weighted by Gasteiger charge is 2.30. The number of hydrogen-bond donors (Lipinski definition) is 2. The van der Waals surface area contributed by atoms with Crippen LogP contribution in [0, 0.1) is 5.92 Å². The van der Waals surface area contributed by atoms with Gasteiger partial charge in [0.05, 0.1) is 12.4 Å². The van der Waals surface area contributed by atoms with Crippen LogP contribution in [0.25, 0.3) is 0 Å². The second kappa shape index (κ2) is 11.6. The smallest absolute Gasteiger partial charge is 0.303 e. The highest BCUT2D eigenvalue weighted by molar-refractivity contribution is 5.66. The van der Waals surface area contributed by atoms with Crippen molar-refractivity contribution in [1.82, 2.24) is 9.55 Å². The highest BCUT2D eigenvalue weighted by atomic mass is 16.6. The van der Waals surface area contributed by atoms with Crippen molar-refractivity contribution in [1.29, 1.82) is 0 Å². The van der Waals surface area contributed by atoms with Crippen molar-refractivity contribution in [3.63, 3.8) is 0 Å². The fourth-order valence-corrected chi connectivity index (χ4v) is 4.60. The Morgan fingerprint density at radius 3 is 2.53 bits per heavy atom. The molecule has 3 rings (SSSR count). The van der Waals surface area contributed by atoms with Crippen LogP contribution in [0.3, 0.4) is 0 Å². The van der Waals surface area contributed by atoms with E-state index in [9.17, 15) is 4.79 Å². The zero-order valence-electron chi connectivity index (χ0n) is 17.6. The highest BCUT2D eigenvalue weighted by Crippen LogP contribution is 2.40. The molecule has 0 spiro atoms. The first kappa shape index (κ1) is 22.1. The number of aliphatic carboxylic acids is 1. The average molecular weight is 412 g/mol. The van der Waals surface area contributed by atoms with Crippen molar-refractivity contribution in [3.05, 3.63) is 65.9 Å². The number of aromatic nitrogens is 2. The summed E-state index contributed by atoms with van der Waals surface area (Å²) in [5.41, 5.74) is 2.51. The first-order valence-electron chi connectivity index (χ1n) is 11.0. The maximum absolute atomic E-state index is 10.9. The minimum atomic E-state index is -0.762. The van der Waals surface area contributed by atoms with E-state index in [4.69, 9.17) is 15.8 Å². The summed E-state index contributed by atoms with van der Waals surface area (Å²) in [7, 11) is 0. The van der Waals surface area contributed by atoms with Crippen LogP contribution in [0.15, 0.2) is 60.4 Å². The van der Waals surface area contributed by atoms with Crippen molar-refractivity contribution < 1.29 is 14.7 Å². The van der Waals surface area contributed by atoms with Gasteiger partial charge in [-0.05, 0) is 49.2 Å². The summed E-state index contributed by atoms with van der Waals surface area (Å²) in [6, 6.07) is 10.5. The second-order valence-electron chi connectivity index (χ2n) is 8.15. The molecule has 1 aromatic carbocycles. The molecule has 1 saturated carbocycles. The van der Waals surface area contributed by atoms with E-state index < -0.39 is 5.97 Å². The summed E-state index contributed by atoms with van der Waals surface area (Å²) >= 11 is 0. The van der Waals surface area contributed by atoms with Crippen molar-refractivity contribution in [2.45, 2.75) is 70.3 Å². The Bertz CT molecular complexity index is 796. The first-order valence-corrected chi connectivity index (χ1v) is 11.0. The van der Waals surface area contributed by atoms with E-state index in [2.05, 4.69) is 33.8 Å². The van der Waals surface area contributed by atoms with Crippen molar-refractivity contribution in [2.75, 3.05) is 0 Å². The van der Waals surface area contributed by atoms with E-state index in [0.29, 0.717) is 18.8 Å². The van der Waals surface area contributed by atoms with Gasteiger partial charge in [0.1, 0.15) is 5.76 Å². The lowest BCUT2D eigenvalue weighted by Gasteiger charge is -2.32. The summed E-state index contributed by atoms with van der Waals surface area (Å²) in [4.78, 5) is 20.7. The fourth-order valence-electron chi connectivity index (χ4n) is 4.60. The SMILES string of the molecule is NOC(CCCCC(=O)O)=C(C1CCCCC1)C(Cc1ccccc1)n1ccnc1. The van der Waals surface area contributed by atoms with Gasteiger partial charge in [0, 0.05) is 25.2 Å². The lowest BCUT2D eigenvalue weighted by Crippen LogP contribution is -2.24. The average Bonchev–Trinajstić information content (AvgIpc) is 3.31. The number of benzene rings is 1. The van der Waals surface area contributed by atoms with Crippen LogP contribution in [-0.4, -0.2) is 20.6 Å². The molecule has 1 heterocycles. The normalized spacial score (nSPS) is 16.7. The number of hydrogen-bond acceptors (Lipinski definition) is 4. The summed E-state index contributed by atoms with van der Waals surface area (Å²) in [6.45, 7) is 0. The minimum Gasteiger partial charge on any atom is -0.481 e. The molecule has 0 bridgehead atoms. The van der Waals surface area contributed by atoms with Crippen LogP contribution in [0.2, 0.25) is 0 Å². The van der Waals surface area contributed by atoms with E-state index in [0.717, 1.165) is 31.4 Å². The molecule has 1 unspecified atom stereocenters. The van der Waals surface area contributed by atoms with Crippen molar-refractivity contribution in [2.24, 2.45) is 11.8 Å². The predicted octanol–water partition coefficient (Wildman–Crippen LogP) is 5.04. The monoisotopic (exact) mass is 411 g/mol. The number of rotatable bonds is 11. The van der Waals surface area contributed by atoms with Gasteiger partial charge in [-0.2, -0.15) is 5.90 Å². The third kappa shape index (κ3) is 6.20. The molecule has 1 atom stereocenters. The molecule has 6 nitrogen and oxygen atoms in total. The number of carbonyl (C=O) groups is 1. The molecule has 0 radical (unpaired) electrons. The summed E-state index contributed by atoms with van der Waals surface area (Å²) in [5, 5.41) is 8.95. The number of carboxylic acid groups (broad SMARTS) is 1. The minimum absolute atomic E-state index is 0.0797. The van der Waals surface area contributed by atoms with Gasteiger partial charge in [-0.25, -0.2) is 4.98 Å². The molecule has 3 N–H and O–H groups in total. The number of nitrogens with two attached hydrogens (primary N) is 1. The maximum Gasteiger partial charge on any atom is 0.303 e. The molecule has 1 aliphatic carbocycles. The fraction of sp³-hybridized carbons (Fsp3) is 0.500. The molecule has 162 valence electrons. The zero-order chi connectivity index (χ0) is 21.2. The quantitative estimate of drug-likeness (QED) is 0.307. The molecule has 6 heteroatoms. The molecule has 30 heavy (non-hydrogen) atoms. The van der Waals surface area contributed by atoms with E-state index in [-0.39, 0.29) is 12.5 Å². The lowest BCUT2D eigenvalue weighted by molar-refractivity contribution is -0.137. The second-order valence-corrected chi connectivity index (χ2v) is 8.15. The van der Waals surface area contributed by atoms with E-state index in [1.165, 1.54) is 30.4 Å². The first-order chi connectivity index (χ1) is 14.7. The molecule has 1 fully saturated rings. The van der Waals surface area contributed by atoms with Gasteiger partial charge < -0.3 is 14.5 Å². The third-order valence-electron chi connectivity index (χ3n) is 6.07. The number of nitrogens with zero attached hydrogens (tertiary/aromatic N) is 2. The predicted molar refractivity (Wildman–Crippen MR) is 116 cm³/mol. The van der Waals surface area contributed by atoms with Gasteiger partial charge in [0.15, 0.2) is 0 Å². The Balaban J connectivity index is 1.94. The molecular weight excluding hydrogens is 378 g/mol. The van der Waals surface area contributed by atoms with E-state index in [1.54, 1.807) is 0 Å². The molecule has 0 aliphatic heterocycles. The Morgan fingerprint density at radius 2 is 1.90 bits per heavy atom. The summed E-state index contributed by atoms with van der Waals surface area (Å²) in [5.74, 6) is 6.29. The van der Waals surface area contributed by atoms with Crippen LogP contribution < -0.4 is 5.90 Å². The van der Waals surface area contributed by atoms with Gasteiger partial charge >= 0.3 is 5.97 Å². The summed E-state index contributed by atoms with van der Waals surface area (Å²) < 4.78 is 2.16. The Hall–Kier alpha value is -2.60. The largest absolute Gasteiger partial charge is 0.481 e. The standard InChI is InChI=1S/C24H33N3O3/c25-30-22(13-7-8-14-23(28)29)24(20-11-5-2-6-12-20)21(27-16-15-26-18-27)17-19-9-3-1-4-10-19/h1,3-4,9-10,15-16,18,20-21H,2,5-8,11-14,17,25H2,(H,28,29). The van der Waals surface area contributed by atoms with Crippen molar-refractivity contribution >= 4 is 5.97 Å². The van der Waals surface area contributed by atoms with Crippen LogP contribution in [0.4, 0.5) is 0 Å². The molecule has 2 aromatic rings. The third-order valence-corrected chi connectivity index (χ3v) is 6.07. The number of unbranched alkanes of at least 4 members (excludes halogenated alkanes) is 1. The van der Waals surface area contributed by atoms with Gasteiger partial charge in [-0.15, -0.1) is 0 Å². The number of allylic oxidation sites excluding steroid dienone is 2. The van der Waals surface area contributed by atoms with Gasteiger partial charge in [0.25, 0.3) is 0 Å². The van der Waals surface area contributed by atoms with Crippen LogP contribution >= 0.6 is 0 Å². The number of imidazole rings is 1. The Kier molecular flexibility index (Phi) is 8.51. The van der Waals surface area contributed by atoms with E-state index in [1.807, 2.05) is 24.8 Å². The van der Waals surface area contributed by atoms with E-state index >= 15 is 0 Å². The van der Waals surface area contributed by atoms with Crippen LogP contribution in [0.5, 0.6) is 0 Å². The summed E-state index contributed by atoms with van der Waals surface area (Å²) in [6.07, 6.45) is 14.7. The Morgan fingerprint density at radius 1 is 1.17 bits per heavy atom. The zero-order valence-corrected chi connectivity index (χ0v) is 17.6. The molecular formula is C24H33N3O3. The van der Waals surface area contributed by atoms with Gasteiger partial charge in [0.2, 0.25) is 0 Å².